The first-order chi connectivity index (χ1) is 9.54. The Morgan fingerprint density at radius 2 is 1.90 bits per heavy atom. The fourth-order valence-corrected chi connectivity index (χ4v) is 3.30. The third-order valence-electron chi connectivity index (χ3n) is 3.82. The van der Waals surface area contributed by atoms with Gasteiger partial charge in [0, 0.05) is 29.1 Å². The molecule has 118 valence electrons. The van der Waals surface area contributed by atoms with Crippen LogP contribution in [0.4, 0.5) is 0 Å². The molecule has 1 saturated carbocycles. The van der Waals surface area contributed by atoms with Crippen molar-refractivity contribution in [3.8, 4) is 0 Å². The van der Waals surface area contributed by atoms with Crippen LogP contribution in [0, 0.1) is 5.92 Å². The van der Waals surface area contributed by atoms with E-state index >= 15 is 0 Å². The number of amides is 1. The largest absolute Gasteiger partial charge is 0.356 e. The molecule has 3 N–H and O–H groups in total. The predicted octanol–water partition coefficient (Wildman–Crippen LogP) is 3.59. The molecule has 21 heavy (non-hydrogen) atoms. The Balaban J connectivity index is 0.00000220. The van der Waals surface area contributed by atoms with Gasteiger partial charge in [0.25, 0.3) is 0 Å². The number of halogens is 3. The molecule has 1 aromatic carbocycles. The van der Waals surface area contributed by atoms with Crippen molar-refractivity contribution in [1.82, 2.24) is 5.32 Å². The molecule has 0 spiro atoms. The molecule has 0 unspecified atom stereocenters. The van der Waals surface area contributed by atoms with E-state index in [0.29, 0.717) is 28.9 Å². The molecule has 2 atom stereocenters. The number of carbonyl (C=O) groups is 1. The lowest BCUT2D eigenvalue weighted by Gasteiger charge is -2.14. The molecule has 1 aliphatic rings. The zero-order chi connectivity index (χ0) is 14.5. The summed E-state index contributed by atoms with van der Waals surface area (Å²) in [7, 11) is 0. The highest BCUT2D eigenvalue weighted by Gasteiger charge is 2.25. The summed E-state index contributed by atoms with van der Waals surface area (Å²) in [5.74, 6) is 0.427. The maximum Gasteiger partial charge on any atom is 0.220 e. The van der Waals surface area contributed by atoms with Gasteiger partial charge in [-0.1, -0.05) is 29.6 Å². The second-order valence-electron chi connectivity index (χ2n) is 5.44. The molecule has 0 aliphatic heterocycles. The van der Waals surface area contributed by atoms with Gasteiger partial charge in [-0.05, 0) is 48.9 Å². The Bertz CT molecular complexity index is 462. The van der Waals surface area contributed by atoms with Gasteiger partial charge >= 0.3 is 0 Å². The van der Waals surface area contributed by atoms with Crippen molar-refractivity contribution in [2.75, 3.05) is 6.54 Å². The quantitative estimate of drug-likeness (QED) is 0.851. The molecule has 2 rings (SSSR count). The number of nitrogens with two attached hydrogens (primary N) is 1. The van der Waals surface area contributed by atoms with Crippen LogP contribution in [0.15, 0.2) is 18.2 Å². The Morgan fingerprint density at radius 3 is 2.48 bits per heavy atom. The topological polar surface area (TPSA) is 55.1 Å². The Hall–Kier alpha value is -0.480. The first-order valence-corrected chi connectivity index (χ1v) is 7.77. The highest BCUT2D eigenvalue weighted by Crippen LogP contribution is 2.26. The number of carbonyl (C=O) groups excluding carboxylic acids is 1. The molecule has 0 heterocycles. The van der Waals surface area contributed by atoms with Crippen molar-refractivity contribution in [3.63, 3.8) is 0 Å². The van der Waals surface area contributed by atoms with Crippen LogP contribution in [-0.2, 0) is 11.2 Å². The van der Waals surface area contributed by atoms with Crippen molar-refractivity contribution in [2.45, 2.75) is 38.1 Å². The molecule has 6 heteroatoms. The maximum absolute atomic E-state index is 11.8. The van der Waals surface area contributed by atoms with Crippen molar-refractivity contribution in [3.05, 3.63) is 33.8 Å². The molecule has 1 aromatic rings. The lowest BCUT2D eigenvalue weighted by Crippen LogP contribution is -2.32. The average molecular weight is 352 g/mol. The van der Waals surface area contributed by atoms with Gasteiger partial charge in [-0.25, -0.2) is 0 Å². The Morgan fingerprint density at radius 1 is 1.24 bits per heavy atom. The van der Waals surface area contributed by atoms with Crippen LogP contribution in [0.5, 0.6) is 0 Å². The number of hydrogen-bond donors (Lipinski definition) is 2. The minimum atomic E-state index is 0. The summed E-state index contributed by atoms with van der Waals surface area (Å²) in [4.78, 5) is 11.8. The van der Waals surface area contributed by atoms with Gasteiger partial charge in [0.1, 0.15) is 0 Å². The number of nitrogens with one attached hydrogen (secondary N) is 1. The van der Waals surface area contributed by atoms with Gasteiger partial charge in [-0.2, -0.15) is 0 Å². The summed E-state index contributed by atoms with van der Waals surface area (Å²) in [6.45, 7) is 0.595. The fraction of sp³-hybridized carbons (Fsp3) is 0.533. The summed E-state index contributed by atoms with van der Waals surface area (Å²) in [6, 6.07) is 5.62. The van der Waals surface area contributed by atoms with Crippen LogP contribution in [0.1, 0.15) is 31.2 Å². The van der Waals surface area contributed by atoms with Crippen molar-refractivity contribution in [2.24, 2.45) is 11.7 Å². The summed E-state index contributed by atoms with van der Waals surface area (Å²) in [5, 5.41) is 4.18. The summed E-state index contributed by atoms with van der Waals surface area (Å²) in [6.07, 6.45) is 4.51. The number of benzene rings is 1. The summed E-state index contributed by atoms with van der Waals surface area (Å²) < 4.78 is 0. The molecule has 0 saturated heterocycles. The van der Waals surface area contributed by atoms with Gasteiger partial charge in [0.15, 0.2) is 0 Å². The van der Waals surface area contributed by atoms with Crippen LogP contribution in [0.25, 0.3) is 0 Å². The molecule has 0 radical (unpaired) electrons. The molecule has 1 fully saturated rings. The van der Waals surface area contributed by atoms with E-state index in [9.17, 15) is 4.79 Å². The zero-order valence-corrected chi connectivity index (χ0v) is 14.1. The molecule has 0 aromatic heterocycles. The average Bonchev–Trinajstić information content (AvgIpc) is 2.73. The van der Waals surface area contributed by atoms with Crippen molar-refractivity contribution >= 4 is 41.5 Å². The highest BCUT2D eigenvalue weighted by molar-refractivity contribution is 6.34. The SMILES string of the molecule is Cl.N[C@@H]1CCC[C@H]1CC(=O)NCCc1cc(Cl)cc(Cl)c1. The summed E-state index contributed by atoms with van der Waals surface area (Å²) >= 11 is 11.9. The zero-order valence-electron chi connectivity index (χ0n) is 11.8. The van der Waals surface area contributed by atoms with E-state index < -0.39 is 0 Å². The smallest absolute Gasteiger partial charge is 0.220 e. The molecule has 1 amide bonds. The van der Waals surface area contributed by atoms with Crippen LogP contribution >= 0.6 is 35.6 Å². The summed E-state index contributed by atoms with van der Waals surface area (Å²) in [5.41, 5.74) is 7.00. The predicted molar refractivity (Wildman–Crippen MR) is 90.4 cm³/mol. The van der Waals surface area contributed by atoms with Crippen molar-refractivity contribution < 1.29 is 4.79 Å². The molecule has 3 nitrogen and oxygen atoms in total. The van der Waals surface area contributed by atoms with Gasteiger partial charge in [-0.3, -0.25) is 4.79 Å². The third kappa shape index (κ3) is 6.03. The lowest BCUT2D eigenvalue weighted by atomic mass is 10.00. The van der Waals surface area contributed by atoms with Crippen molar-refractivity contribution in [1.29, 1.82) is 0 Å². The maximum atomic E-state index is 11.8. The van der Waals surface area contributed by atoms with E-state index in [2.05, 4.69) is 5.32 Å². The Labute approximate surface area is 142 Å². The first kappa shape index (κ1) is 18.6. The van der Waals surface area contributed by atoms with E-state index in [4.69, 9.17) is 28.9 Å². The van der Waals surface area contributed by atoms with Gasteiger partial charge < -0.3 is 11.1 Å². The highest BCUT2D eigenvalue weighted by atomic mass is 35.5. The normalized spacial score (nSPS) is 20.9. The van der Waals surface area contributed by atoms with Crippen LogP contribution in [-0.4, -0.2) is 18.5 Å². The van der Waals surface area contributed by atoms with Crippen LogP contribution in [0.2, 0.25) is 10.0 Å². The van der Waals surface area contributed by atoms with E-state index in [1.54, 1.807) is 6.07 Å². The van der Waals surface area contributed by atoms with Gasteiger partial charge in [0.2, 0.25) is 5.91 Å². The van der Waals surface area contributed by atoms with Gasteiger partial charge in [0.05, 0.1) is 0 Å². The minimum absolute atomic E-state index is 0. The van der Waals surface area contributed by atoms with Crippen LogP contribution in [0.3, 0.4) is 0 Å². The van der Waals surface area contributed by atoms with E-state index in [-0.39, 0.29) is 24.4 Å². The lowest BCUT2D eigenvalue weighted by molar-refractivity contribution is -0.122. The van der Waals surface area contributed by atoms with E-state index in [0.717, 1.165) is 31.2 Å². The van der Waals surface area contributed by atoms with Crippen LogP contribution < -0.4 is 11.1 Å². The minimum Gasteiger partial charge on any atom is -0.356 e. The second-order valence-corrected chi connectivity index (χ2v) is 6.31. The van der Waals surface area contributed by atoms with E-state index in [1.807, 2.05) is 12.1 Å². The molecule has 0 bridgehead atoms. The molecular formula is C15H21Cl3N2O. The molecular weight excluding hydrogens is 331 g/mol. The standard InChI is InChI=1S/C15H20Cl2N2O.ClH/c16-12-6-10(7-13(17)9-12)4-5-19-15(20)8-11-2-1-3-14(11)18;/h6-7,9,11,14H,1-5,8,18H2,(H,19,20);1H/t11-,14+;/m0./s1. The Kier molecular flexibility index (Phi) is 7.82. The fourth-order valence-electron chi connectivity index (χ4n) is 2.73. The third-order valence-corrected chi connectivity index (χ3v) is 4.26. The first-order valence-electron chi connectivity index (χ1n) is 7.02. The second kappa shape index (κ2) is 8.84. The van der Waals surface area contributed by atoms with E-state index in [1.165, 1.54) is 0 Å². The number of rotatable bonds is 5. The number of hydrogen-bond acceptors (Lipinski definition) is 2. The molecule has 1 aliphatic carbocycles. The van der Waals surface area contributed by atoms with Gasteiger partial charge in [-0.15, -0.1) is 12.4 Å². The monoisotopic (exact) mass is 350 g/mol.